The van der Waals surface area contributed by atoms with Gasteiger partial charge in [0.15, 0.2) is 5.76 Å². The minimum Gasteiger partial charge on any atom is -0.431 e. The van der Waals surface area contributed by atoms with Gasteiger partial charge in [-0.15, -0.1) is 0 Å². The van der Waals surface area contributed by atoms with Crippen molar-refractivity contribution in [2.75, 3.05) is 11.1 Å². The quantitative estimate of drug-likeness (QED) is 0.490. The summed E-state index contributed by atoms with van der Waals surface area (Å²) in [5, 5.41) is 3.37. The molecule has 0 atom stereocenters. The molecule has 26 heavy (non-hydrogen) atoms. The highest BCUT2D eigenvalue weighted by molar-refractivity contribution is 9.10. The number of anilines is 1. The van der Waals surface area contributed by atoms with Crippen LogP contribution in [0.4, 0.5) is 5.69 Å². The Balaban J connectivity index is 1.54. The molecule has 3 rings (SSSR count). The summed E-state index contributed by atoms with van der Waals surface area (Å²) in [6, 6.07) is 15.7. The second-order valence-electron chi connectivity index (χ2n) is 6.11. The maximum atomic E-state index is 12.1. The second-order valence-corrected chi connectivity index (χ2v) is 7.95. The van der Waals surface area contributed by atoms with Crippen molar-refractivity contribution >= 4 is 39.3 Å². The number of benzene rings is 2. The molecule has 1 heterocycles. The van der Waals surface area contributed by atoms with Crippen LogP contribution in [-0.2, 0) is 4.79 Å². The van der Waals surface area contributed by atoms with E-state index >= 15 is 0 Å². The highest BCUT2D eigenvalue weighted by Crippen LogP contribution is 2.26. The van der Waals surface area contributed by atoms with Crippen LogP contribution in [0.2, 0.25) is 0 Å². The minimum atomic E-state index is -0.0873. The fourth-order valence-corrected chi connectivity index (χ4v) is 3.22. The van der Waals surface area contributed by atoms with Crippen LogP contribution < -0.4 is 5.32 Å². The Kier molecular flexibility index (Phi) is 6.16. The van der Waals surface area contributed by atoms with Crippen LogP contribution in [0.3, 0.4) is 0 Å². The summed E-state index contributed by atoms with van der Waals surface area (Å²) in [6.07, 6.45) is 1.67. The number of oxazole rings is 1. The molecular formula is C20H19BrN2O2S. The van der Waals surface area contributed by atoms with Crippen LogP contribution in [0.5, 0.6) is 0 Å². The first-order valence-electron chi connectivity index (χ1n) is 8.25. The van der Waals surface area contributed by atoms with Crippen molar-refractivity contribution < 1.29 is 9.21 Å². The van der Waals surface area contributed by atoms with Crippen molar-refractivity contribution in [3.63, 3.8) is 0 Å². The number of amides is 1. The number of thioether (sulfide) groups is 1. The van der Waals surface area contributed by atoms with Gasteiger partial charge in [-0.2, -0.15) is 0 Å². The molecule has 6 heteroatoms. The van der Waals surface area contributed by atoms with Crippen LogP contribution in [0.25, 0.3) is 11.3 Å². The molecule has 3 aromatic rings. The molecule has 0 radical (unpaired) electrons. The molecule has 0 spiro atoms. The third-order valence-corrected chi connectivity index (χ3v) is 5.17. The lowest BCUT2D eigenvalue weighted by Crippen LogP contribution is -2.13. The molecule has 1 aromatic heterocycles. The molecule has 0 aliphatic heterocycles. The number of nitrogens with zero attached hydrogens (tertiary/aromatic N) is 1. The topological polar surface area (TPSA) is 55.1 Å². The molecule has 134 valence electrons. The van der Waals surface area contributed by atoms with Crippen molar-refractivity contribution in [2.45, 2.75) is 25.0 Å². The lowest BCUT2D eigenvalue weighted by molar-refractivity contribution is -0.113. The van der Waals surface area contributed by atoms with Gasteiger partial charge in [0.2, 0.25) is 5.91 Å². The molecular weight excluding hydrogens is 412 g/mol. The van der Waals surface area contributed by atoms with Gasteiger partial charge in [-0.3, -0.25) is 4.79 Å². The first-order chi connectivity index (χ1) is 12.5. The smallest absolute Gasteiger partial charge is 0.256 e. The molecule has 0 bridgehead atoms. The normalized spacial score (nSPS) is 10.9. The molecule has 0 aliphatic rings. The predicted octanol–water partition coefficient (Wildman–Crippen LogP) is 5.96. The standard InChI is InChI=1S/C20H19BrN2O2S/c1-13(2)14-5-9-17(10-6-14)23-19(24)12-26-20-22-11-18(25-20)15-3-7-16(21)8-4-15/h3-11,13H,12H2,1-2H3,(H,23,24). The van der Waals surface area contributed by atoms with Gasteiger partial charge in [0, 0.05) is 15.7 Å². The fraction of sp³-hybridized carbons (Fsp3) is 0.200. The number of halogens is 1. The van der Waals surface area contributed by atoms with Crippen LogP contribution >= 0.6 is 27.7 Å². The number of carbonyl (C=O) groups is 1. The number of nitrogens with one attached hydrogen (secondary N) is 1. The SMILES string of the molecule is CC(C)c1ccc(NC(=O)CSc2ncc(-c3ccc(Br)cc3)o2)cc1. The average Bonchev–Trinajstić information content (AvgIpc) is 3.10. The van der Waals surface area contributed by atoms with Gasteiger partial charge in [0.1, 0.15) is 0 Å². The lowest BCUT2D eigenvalue weighted by atomic mass is 10.0. The molecule has 4 nitrogen and oxygen atoms in total. The Morgan fingerprint density at radius 3 is 2.50 bits per heavy atom. The van der Waals surface area contributed by atoms with Crippen molar-refractivity contribution in [1.82, 2.24) is 4.98 Å². The molecule has 2 aromatic carbocycles. The molecule has 1 amide bonds. The Labute approximate surface area is 165 Å². The zero-order chi connectivity index (χ0) is 18.5. The van der Waals surface area contributed by atoms with E-state index in [1.54, 1.807) is 6.20 Å². The maximum absolute atomic E-state index is 12.1. The lowest BCUT2D eigenvalue weighted by Gasteiger charge is -2.08. The highest BCUT2D eigenvalue weighted by atomic mass is 79.9. The summed E-state index contributed by atoms with van der Waals surface area (Å²) in [5.41, 5.74) is 2.99. The first kappa shape index (κ1) is 18.7. The van der Waals surface area contributed by atoms with Crippen LogP contribution in [0.1, 0.15) is 25.3 Å². The summed E-state index contributed by atoms with van der Waals surface area (Å²) in [4.78, 5) is 16.3. The van der Waals surface area contributed by atoms with E-state index < -0.39 is 0 Å². The predicted molar refractivity (Wildman–Crippen MR) is 110 cm³/mol. The minimum absolute atomic E-state index is 0.0873. The van der Waals surface area contributed by atoms with Gasteiger partial charge in [0.05, 0.1) is 11.9 Å². The van der Waals surface area contributed by atoms with Crippen LogP contribution in [-0.4, -0.2) is 16.6 Å². The number of hydrogen-bond donors (Lipinski definition) is 1. The molecule has 0 saturated heterocycles. The van der Waals surface area contributed by atoms with Gasteiger partial charge in [0.25, 0.3) is 5.22 Å². The maximum Gasteiger partial charge on any atom is 0.256 e. The largest absolute Gasteiger partial charge is 0.431 e. The fourth-order valence-electron chi connectivity index (χ4n) is 2.35. The van der Waals surface area contributed by atoms with Gasteiger partial charge >= 0.3 is 0 Å². The summed E-state index contributed by atoms with van der Waals surface area (Å²) in [5.74, 6) is 1.31. The van der Waals surface area contributed by atoms with E-state index in [-0.39, 0.29) is 11.7 Å². The van der Waals surface area contributed by atoms with Gasteiger partial charge in [-0.05, 0) is 35.7 Å². The zero-order valence-corrected chi connectivity index (χ0v) is 16.9. The zero-order valence-electron chi connectivity index (χ0n) is 14.5. The van der Waals surface area contributed by atoms with E-state index in [2.05, 4.69) is 40.1 Å². The van der Waals surface area contributed by atoms with Crippen LogP contribution in [0, 0.1) is 0 Å². The summed E-state index contributed by atoms with van der Waals surface area (Å²) in [7, 11) is 0. The van der Waals surface area contributed by atoms with Crippen LogP contribution in [0.15, 0.2) is 68.8 Å². The summed E-state index contributed by atoms with van der Waals surface area (Å²) < 4.78 is 6.72. The first-order valence-corrected chi connectivity index (χ1v) is 10.0. The average molecular weight is 431 g/mol. The molecule has 0 aliphatic carbocycles. The van der Waals surface area contributed by atoms with Crippen molar-refractivity contribution in [3.8, 4) is 11.3 Å². The van der Waals surface area contributed by atoms with Gasteiger partial charge in [-0.25, -0.2) is 4.98 Å². The van der Waals surface area contributed by atoms with Gasteiger partial charge in [-0.1, -0.05) is 65.8 Å². The molecule has 0 fully saturated rings. The third kappa shape index (κ3) is 4.99. The van der Waals surface area contributed by atoms with E-state index in [1.807, 2.05) is 48.5 Å². The second kappa shape index (κ2) is 8.56. The summed E-state index contributed by atoms with van der Waals surface area (Å²) >= 11 is 4.68. The van der Waals surface area contributed by atoms with Crippen molar-refractivity contribution in [1.29, 1.82) is 0 Å². The molecule has 0 unspecified atom stereocenters. The third-order valence-electron chi connectivity index (χ3n) is 3.80. The summed E-state index contributed by atoms with van der Waals surface area (Å²) in [6.45, 7) is 4.28. The highest BCUT2D eigenvalue weighted by Gasteiger charge is 2.10. The number of carbonyl (C=O) groups excluding carboxylic acids is 1. The Morgan fingerprint density at radius 2 is 1.85 bits per heavy atom. The van der Waals surface area contributed by atoms with E-state index in [1.165, 1.54) is 17.3 Å². The Bertz CT molecular complexity index is 874. The van der Waals surface area contributed by atoms with Crippen molar-refractivity contribution in [3.05, 3.63) is 64.8 Å². The molecule has 1 N–H and O–H groups in total. The molecule has 0 saturated carbocycles. The Hall–Kier alpha value is -2.05. The van der Waals surface area contributed by atoms with E-state index in [0.29, 0.717) is 16.9 Å². The number of hydrogen-bond acceptors (Lipinski definition) is 4. The monoisotopic (exact) mass is 430 g/mol. The number of rotatable bonds is 6. The van der Waals surface area contributed by atoms with E-state index in [0.717, 1.165) is 15.7 Å². The van der Waals surface area contributed by atoms with E-state index in [9.17, 15) is 4.79 Å². The number of aromatic nitrogens is 1. The van der Waals surface area contributed by atoms with Gasteiger partial charge < -0.3 is 9.73 Å². The van der Waals surface area contributed by atoms with E-state index in [4.69, 9.17) is 4.42 Å². The Morgan fingerprint density at radius 1 is 1.15 bits per heavy atom. The van der Waals surface area contributed by atoms with Crippen molar-refractivity contribution in [2.24, 2.45) is 0 Å².